The van der Waals surface area contributed by atoms with E-state index in [1.54, 1.807) is 24.5 Å². The van der Waals surface area contributed by atoms with Crippen LogP contribution in [0.25, 0.3) is 100 Å². The maximum Gasteiger partial charge on any atom is 2.00 e. The van der Waals surface area contributed by atoms with Gasteiger partial charge in [-0.1, -0.05) is 227 Å². The summed E-state index contributed by atoms with van der Waals surface area (Å²) < 4.78 is 27.4. The summed E-state index contributed by atoms with van der Waals surface area (Å²) in [5.74, 6) is 0.504. The molecule has 0 fully saturated rings. The molecule has 121 heavy (non-hydrogen) atoms. The zero-order valence-electron chi connectivity index (χ0n) is 67.0. The molecular formula is C106H81FIrN8OPPt3-. The molecule has 11 aromatic carbocycles. The average Bonchev–Trinajstić information content (AvgIpc) is 0.741. The Morgan fingerprint density at radius 1 is 0.355 bits per heavy atom. The van der Waals surface area contributed by atoms with Gasteiger partial charge in [0.2, 0.25) is 0 Å². The van der Waals surface area contributed by atoms with Gasteiger partial charge in [-0.2, -0.15) is 0 Å². The van der Waals surface area contributed by atoms with E-state index in [9.17, 15) is 8.96 Å². The molecular weight excluding hydrogens is 2230 g/mol. The van der Waals surface area contributed by atoms with Crippen molar-refractivity contribution in [3.05, 3.63) is 441 Å². The van der Waals surface area contributed by atoms with Gasteiger partial charge in [-0.25, -0.2) is 4.39 Å². The molecule has 7 aromatic heterocycles. The molecule has 0 aliphatic heterocycles. The number of fused-ring (bicyclic) bond motifs is 2. The van der Waals surface area contributed by atoms with Crippen molar-refractivity contribution in [1.29, 1.82) is 0 Å². The van der Waals surface area contributed by atoms with E-state index in [0.29, 0.717) is 10.6 Å². The van der Waals surface area contributed by atoms with Crippen LogP contribution in [0.3, 0.4) is 0 Å². The van der Waals surface area contributed by atoms with Gasteiger partial charge in [0.15, 0.2) is 0 Å². The zero-order valence-corrected chi connectivity index (χ0v) is 77.1. The third-order valence-corrected chi connectivity index (χ3v) is 22.6. The van der Waals surface area contributed by atoms with Crippen LogP contribution in [0, 0.1) is 48.3 Å². The summed E-state index contributed by atoms with van der Waals surface area (Å²) in [5.41, 5.74) is 19.2. The number of nitrogens with zero attached hydrogens (tertiary/aromatic N) is 8. The van der Waals surface area contributed by atoms with E-state index in [0.717, 1.165) is 130 Å². The number of hydrogen-bond acceptors (Lipinski definition) is 9. The molecule has 18 aromatic rings. The van der Waals surface area contributed by atoms with E-state index in [1.807, 2.05) is 225 Å². The molecule has 0 spiro atoms. The number of rotatable bonds is 15. The Morgan fingerprint density at radius 2 is 0.752 bits per heavy atom. The first-order valence-corrected chi connectivity index (χ1v) is 40.4. The Hall–Kier alpha value is -11.3. The van der Waals surface area contributed by atoms with Crippen LogP contribution in [-0.4, -0.2) is 34.9 Å². The van der Waals surface area contributed by atoms with Gasteiger partial charge < -0.3 is 39.4 Å². The van der Waals surface area contributed by atoms with Gasteiger partial charge in [0.1, 0.15) is 18.8 Å². The minimum atomic E-state index is -3.24. The van der Waals surface area contributed by atoms with E-state index in [1.165, 1.54) is 34.2 Å². The Labute approximate surface area is 765 Å². The number of aromatic nitrogens is 7. The van der Waals surface area contributed by atoms with E-state index < -0.39 is 7.14 Å². The van der Waals surface area contributed by atoms with Crippen LogP contribution in [0.2, 0.25) is 0 Å². The molecule has 0 amide bonds. The Bertz CT molecular complexity index is 6100. The Kier molecular flexibility index (Phi) is 31.6. The Morgan fingerprint density at radius 3 is 1.19 bits per heavy atom. The summed E-state index contributed by atoms with van der Waals surface area (Å²) in [4.78, 5) is 33.9. The third kappa shape index (κ3) is 22.5. The summed E-state index contributed by atoms with van der Waals surface area (Å²) >= 11 is 0. The van der Waals surface area contributed by atoms with Crippen molar-refractivity contribution in [2.24, 2.45) is 0 Å². The number of halogens is 1. The first kappa shape index (κ1) is 90.4. The SMILES string of the molecule is CC(C)(C)c1cc(N(c2[c-]c(-c3ccccn3)ccc2)c2cccc(-c3[c-]cccc3)n2)cc(C(C)(C)C)c1.Fc1ccc(-c2[c-]cccc2)nc1.O=P(c1[c-]c(-c2ccccn2)ccc1)(c1[c-]c(-c2ccccn2)ccc1)c1ccccc1.[Ir].[Pt+2].[Pt+2].[Pt+2].[c-]1c(Cc2[c-]c(-c3ccccn3)c3ccccc3c2)cc2ccccc2c1-c1ccccn1. The van der Waals surface area contributed by atoms with Gasteiger partial charge >= 0.3 is 63.2 Å². The monoisotopic (exact) mass is 2310 g/mol. The van der Waals surface area contributed by atoms with Crippen molar-refractivity contribution in [3.63, 3.8) is 0 Å². The molecule has 7 heterocycles. The van der Waals surface area contributed by atoms with Crippen molar-refractivity contribution < 1.29 is 92.3 Å². The molecule has 0 bridgehead atoms. The van der Waals surface area contributed by atoms with E-state index >= 15 is 0 Å². The van der Waals surface area contributed by atoms with Crippen LogP contribution < -0.4 is 20.8 Å². The second-order valence-electron chi connectivity index (χ2n) is 30.0. The van der Waals surface area contributed by atoms with Gasteiger partial charge in [-0.05, 0) is 129 Å². The van der Waals surface area contributed by atoms with Crippen molar-refractivity contribution >= 4 is 61.8 Å². The molecule has 0 aliphatic rings. The fourth-order valence-electron chi connectivity index (χ4n) is 13.7. The number of anilines is 3. The van der Waals surface area contributed by atoms with Gasteiger partial charge in [0.25, 0.3) is 0 Å². The second-order valence-corrected chi connectivity index (χ2v) is 32.7. The minimum Gasteiger partial charge on any atom is -0.314 e. The van der Waals surface area contributed by atoms with E-state index in [-0.39, 0.29) is 99.9 Å². The average molecular weight is 2310 g/mol. The molecule has 1 radical (unpaired) electrons. The van der Waals surface area contributed by atoms with E-state index in [2.05, 4.69) is 228 Å². The van der Waals surface area contributed by atoms with E-state index in [4.69, 9.17) is 4.98 Å². The third-order valence-electron chi connectivity index (χ3n) is 19.7. The Balaban J connectivity index is 0.000000163. The minimum absolute atomic E-state index is 0. The maximum atomic E-state index is 14.9. The van der Waals surface area contributed by atoms with Crippen LogP contribution in [0.5, 0.6) is 0 Å². The molecule has 9 nitrogen and oxygen atoms in total. The largest absolute Gasteiger partial charge is 2.00 e. The van der Waals surface area contributed by atoms with Crippen molar-refractivity contribution in [2.75, 3.05) is 4.90 Å². The number of hydrogen-bond donors (Lipinski definition) is 0. The van der Waals surface area contributed by atoms with Gasteiger partial charge in [-0.3, -0.25) is 4.98 Å². The molecule has 0 aliphatic carbocycles. The molecule has 0 atom stereocenters. The predicted molar refractivity (Wildman–Crippen MR) is 476 cm³/mol. The predicted octanol–water partition coefficient (Wildman–Crippen LogP) is 24.5. The van der Waals surface area contributed by atoms with Crippen LogP contribution in [0.15, 0.2) is 371 Å². The van der Waals surface area contributed by atoms with Gasteiger partial charge in [0.05, 0.1) is 6.20 Å². The van der Waals surface area contributed by atoms with Crippen LogP contribution in [0.1, 0.15) is 63.8 Å². The summed E-state index contributed by atoms with van der Waals surface area (Å²) in [6, 6.07) is 134. The van der Waals surface area contributed by atoms with Crippen LogP contribution in [0.4, 0.5) is 21.6 Å². The molecule has 0 N–H and O–H groups in total. The standard InChI is InChI=1S/C36H35N3.C31H20N2.C28H19N2OP.C11H7FN.Ir.3Pt/c1-35(2,3)28-23-29(36(4,5)6)25-31(24-28)39(30-17-12-16-27(22-30)32-18-10-11-21-37-32)34-20-13-19-33(38-34)26-14-8-7-9-15-26;1-3-11-26-24(9-1)18-22(20-28(26)30-13-5-7-15-32-30)17-23-19-25-10-2-4-12-27(25)29(21-23)31-14-6-8-16-33-31;31-32(24-12-2-1-3-13-24,25-14-8-10-22(20-25)27-16-4-6-18-29-27)26-15-9-11-23(21-26)28-17-5-7-19-30-28;12-10-6-7-11(13-8-10)9-4-2-1-3-5-9;;;;/h7-14,16-21,23-25H,1-6H3;1-16,18-19H,17H2;1-19H;1-4,6-8H;;;;/q3*-2;-1;;3*+2. The summed E-state index contributed by atoms with van der Waals surface area (Å²) in [7, 11) is -3.24. The molecule has 0 saturated heterocycles. The molecule has 15 heteroatoms. The molecule has 18 rings (SSSR count). The fraction of sp³-hybridized carbons (Fsp3) is 0.0849. The summed E-state index contributed by atoms with van der Waals surface area (Å²) in [5, 5.41) is 6.70. The smallest absolute Gasteiger partial charge is 0.314 e. The van der Waals surface area contributed by atoms with Gasteiger partial charge in [-0.15, -0.1) is 219 Å². The molecule has 0 saturated carbocycles. The van der Waals surface area contributed by atoms with Crippen molar-refractivity contribution in [2.45, 2.75) is 58.8 Å². The molecule has 603 valence electrons. The normalized spacial score (nSPS) is 10.9. The van der Waals surface area contributed by atoms with Crippen LogP contribution in [-0.2, 0) is 105 Å². The number of benzene rings is 11. The topological polar surface area (TPSA) is 111 Å². The quantitative estimate of drug-likeness (QED) is 0.0732. The zero-order chi connectivity index (χ0) is 80.6. The van der Waals surface area contributed by atoms with Crippen molar-refractivity contribution in [3.8, 4) is 78.8 Å². The van der Waals surface area contributed by atoms with Crippen LogP contribution >= 0.6 is 7.14 Å². The second kappa shape index (κ2) is 42.2. The van der Waals surface area contributed by atoms with Gasteiger partial charge in [0, 0.05) is 62.1 Å². The fourth-order valence-corrected chi connectivity index (χ4v) is 16.2. The molecule has 0 unspecified atom stereocenters. The number of pyridine rings is 7. The summed E-state index contributed by atoms with van der Waals surface area (Å²) in [6.07, 6.45) is 10.9. The van der Waals surface area contributed by atoms with Crippen molar-refractivity contribution in [1.82, 2.24) is 34.9 Å². The maximum absolute atomic E-state index is 14.9. The first-order chi connectivity index (χ1) is 57.0. The summed E-state index contributed by atoms with van der Waals surface area (Å²) in [6.45, 7) is 13.6. The first-order valence-electron chi connectivity index (χ1n) is 38.7.